The molecule has 12 heteroatoms. The van der Waals surface area contributed by atoms with Crippen LogP contribution >= 0.6 is 0 Å². The molecule has 0 aromatic heterocycles. The number of rotatable bonds is 15. The second-order valence-electron chi connectivity index (χ2n) is 10.6. The molecule has 2 aromatic carbocycles. The zero-order chi connectivity index (χ0) is 31.7. The number of benzene rings is 2. The number of unbranched alkanes of at least 4 members (excludes halogenated alkanes) is 1. The maximum absolute atomic E-state index is 13.2. The maximum Gasteiger partial charge on any atom is 0.408 e. The van der Waals surface area contributed by atoms with Crippen LogP contribution in [-0.4, -0.2) is 61.4 Å². The van der Waals surface area contributed by atoms with E-state index in [1.807, 2.05) is 36.4 Å². The molecule has 0 aliphatic rings. The molecule has 12 nitrogen and oxygen atoms in total. The third-order valence-corrected chi connectivity index (χ3v) is 5.82. The fraction of sp³-hybridized carbons (Fsp3) is 0.452. The maximum atomic E-state index is 13.2. The average Bonchev–Trinajstić information content (AvgIpc) is 2.97. The lowest BCUT2D eigenvalue weighted by Gasteiger charge is -2.24. The number of carbonyl (C=O) groups excluding carboxylic acids is 5. The third-order valence-electron chi connectivity index (χ3n) is 5.82. The lowest BCUT2D eigenvalue weighted by molar-refractivity contribution is -0.148. The number of nitrogens with one attached hydrogen (secondary N) is 3. The molecule has 0 heterocycles. The zero-order valence-electron chi connectivity index (χ0n) is 25.1. The van der Waals surface area contributed by atoms with Crippen molar-refractivity contribution in [3.63, 3.8) is 0 Å². The van der Waals surface area contributed by atoms with E-state index in [2.05, 4.69) is 16.0 Å². The first-order valence-corrected chi connectivity index (χ1v) is 14.0. The highest BCUT2D eigenvalue weighted by molar-refractivity contribution is 5.92. The minimum atomic E-state index is -1.38. The monoisotopic (exact) mass is 599 g/mol. The van der Waals surface area contributed by atoms with Crippen molar-refractivity contribution in [2.24, 2.45) is 0 Å². The van der Waals surface area contributed by atoms with Gasteiger partial charge in [-0.15, -0.1) is 0 Å². The van der Waals surface area contributed by atoms with Crippen molar-refractivity contribution in [2.75, 3.05) is 13.7 Å². The van der Waals surface area contributed by atoms with Gasteiger partial charge < -0.3 is 34.9 Å². The molecule has 2 atom stereocenters. The fourth-order valence-electron chi connectivity index (χ4n) is 3.72. The lowest BCUT2D eigenvalue weighted by atomic mass is 10.1. The molecule has 234 valence electrons. The zero-order valence-corrected chi connectivity index (χ0v) is 25.1. The Morgan fingerprint density at radius 3 is 1.88 bits per heavy atom. The summed E-state index contributed by atoms with van der Waals surface area (Å²) in [5, 5.41) is 7.58. The van der Waals surface area contributed by atoms with Gasteiger partial charge in [0.2, 0.25) is 5.91 Å². The number of hydrogen-bond acceptors (Lipinski definition) is 9. The van der Waals surface area contributed by atoms with Crippen LogP contribution in [0.5, 0.6) is 0 Å². The molecule has 0 aliphatic heterocycles. The Hall–Kier alpha value is -4.61. The van der Waals surface area contributed by atoms with E-state index >= 15 is 0 Å². The topological polar surface area (TPSA) is 158 Å². The molecule has 43 heavy (non-hydrogen) atoms. The molecule has 0 bridgehead atoms. The van der Waals surface area contributed by atoms with E-state index in [4.69, 9.17) is 18.9 Å². The number of carbonyl (C=O) groups is 5. The highest BCUT2D eigenvalue weighted by atomic mass is 16.6. The van der Waals surface area contributed by atoms with Gasteiger partial charge in [-0.1, -0.05) is 60.7 Å². The Morgan fingerprint density at radius 2 is 1.33 bits per heavy atom. The van der Waals surface area contributed by atoms with Crippen molar-refractivity contribution >= 4 is 30.0 Å². The Kier molecular flexibility index (Phi) is 14.5. The molecule has 3 N–H and O–H groups in total. The van der Waals surface area contributed by atoms with E-state index in [-0.39, 0.29) is 26.2 Å². The SMILES string of the molecule is COC(=O)[C@H](CCCCNC(=O)OCc1ccccc1)NC(=O)[C@H](CC(=O)OCc1ccccc1)NC(=O)OC(C)(C)C. The Morgan fingerprint density at radius 1 is 0.744 bits per heavy atom. The van der Waals surface area contributed by atoms with Crippen molar-refractivity contribution in [3.05, 3.63) is 71.8 Å². The lowest BCUT2D eigenvalue weighted by Crippen LogP contribution is -2.53. The van der Waals surface area contributed by atoms with Crippen LogP contribution in [0.1, 0.15) is 57.6 Å². The van der Waals surface area contributed by atoms with Crippen LogP contribution < -0.4 is 16.0 Å². The second kappa shape index (κ2) is 18.0. The van der Waals surface area contributed by atoms with Crippen molar-refractivity contribution in [1.29, 1.82) is 0 Å². The first-order chi connectivity index (χ1) is 20.5. The largest absolute Gasteiger partial charge is 0.467 e. The summed E-state index contributed by atoms with van der Waals surface area (Å²) in [6.07, 6.45) is -0.894. The summed E-state index contributed by atoms with van der Waals surface area (Å²) < 4.78 is 20.5. The summed E-state index contributed by atoms with van der Waals surface area (Å²) in [7, 11) is 1.18. The summed E-state index contributed by atoms with van der Waals surface area (Å²) >= 11 is 0. The van der Waals surface area contributed by atoms with Crippen LogP contribution in [0.25, 0.3) is 0 Å². The van der Waals surface area contributed by atoms with E-state index in [1.165, 1.54) is 7.11 Å². The first kappa shape index (κ1) is 34.6. The predicted octanol–water partition coefficient (Wildman–Crippen LogP) is 3.77. The van der Waals surface area contributed by atoms with E-state index in [0.717, 1.165) is 11.1 Å². The highest BCUT2D eigenvalue weighted by Gasteiger charge is 2.30. The summed E-state index contributed by atoms with van der Waals surface area (Å²) in [6, 6.07) is 15.8. The standard InChI is InChI=1S/C31H41N3O9/c1-31(2,3)43-30(39)34-25(19-26(35)41-20-22-13-7-5-8-14-22)27(36)33-24(28(37)40-4)17-11-12-18-32-29(38)42-21-23-15-9-6-10-16-23/h5-10,13-16,24-25H,11-12,17-21H2,1-4H3,(H,32,38)(H,33,36)(H,34,39)/t24-,25-/m0/s1. The van der Waals surface area contributed by atoms with Gasteiger partial charge in [0.25, 0.3) is 0 Å². The Labute approximate surface area is 251 Å². The van der Waals surface area contributed by atoms with Gasteiger partial charge in [0.1, 0.15) is 30.9 Å². The van der Waals surface area contributed by atoms with Crippen LogP contribution in [0.15, 0.2) is 60.7 Å². The van der Waals surface area contributed by atoms with E-state index in [1.54, 1.807) is 45.0 Å². The van der Waals surface area contributed by atoms with Crippen LogP contribution in [0.4, 0.5) is 9.59 Å². The van der Waals surface area contributed by atoms with Gasteiger partial charge in [0.05, 0.1) is 13.5 Å². The molecule has 0 spiro atoms. The van der Waals surface area contributed by atoms with Crippen molar-refractivity contribution in [1.82, 2.24) is 16.0 Å². The number of ether oxygens (including phenoxy) is 4. The van der Waals surface area contributed by atoms with Crippen molar-refractivity contribution in [3.8, 4) is 0 Å². The van der Waals surface area contributed by atoms with Gasteiger partial charge in [-0.2, -0.15) is 0 Å². The molecule has 2 rings (SSSR count). The van der Waals surface area contributed by atoms with Crippen LogP contribution in [0, 0.1) is 0 Å². The molecular weight excluding hydrogens is 558 g/mol. The molecule has 3 amide bonds. The van der Waals surface area contributed by atoms with Crippen LogP contribution in [-0.2, 0) is 46.5 Å². The third kappa shape index (κ3) is 14.7. The number of amides is 3. The molecule has 0 saturated carbocycles. The highest BCUT2D eigenvalue weighted by Crippen LogP contribution is 2.10. The van der Waals surface area contributed by atoms with E-state index < -0.39 is 54.1 Å². The quantitative estimate of drug-likeness (QED) is 0.157. The van der Waals surface area contributed by atoms with Crippen LogP contribution in [0.3, 0.4) is 0 Å². The van der Waals surface area contributed by atoms with Gasteiger partial charge in [0.15, 0.2) is 0 Å². The van der Waals surface area contributed by atoms with Gasteiger partial charge >= 0.3 is 24.1 Å². The minimum absolute atomic E-state index is 0.0148. The van der Waals surface area contributed by atoms with Crippen molar-refractivity contribution < 1.29 is 42.9 Å². The summed E-state index contributed by atoms with van der Waals surface area (Å²) in [5.41, 5.74) is 0.759. The number of hydrogen-bond donors (Lipinski definition) is 3. The number of methoxy groups -OCH3 is 1. The van der Waals surface area contributed by atoms with E-state index in [9.17, 15) is 24.0 Å². The molecule has 0 aliphatic carbocycles. The molecular formula is C31H41N3O9. The second-order valence-corrected chi connectivity index (χ2v) is 10.6. The van der Waals surface area contributed by atoms with Crippen molar-refractivity contribution in [2.45, 2.75) is 77.4 Å². The minimum Gasteiger partial charge on any atom is -0.467 e. The van der Waals surface area contributed by atoms with Gasteiger partial charge in [-0.3, -0.25) is 9.59 Å². The Bertz CT molecular complexity index is 1180. The molecule has 0 unspecified atom stereocenters. The van der Waals surface area contributed by atoms with E-state index in [0.29, 0.717) is 12.8 Å². The van der Waals surface area contributed by atoms with Gasteiger partial charge in [-0.05, 0) is 51.2 Å². The first-order valence-electron chi connectivity index (χ1n) is 14.0. The normalized spacial score (nSPS) is 12.2. The van der Waals surface area contributed by atoms with Gasteiger partial charge in [0, 0.05) is 6.54 Å². The van der Waals surface area contributed by atoms with Crippen LogP contribution in [0.2, 0.25) is 0 Å². The fourth-order valence-corrected chi connectivity index (χ4v) is 3.72. The predicted molar refractivity (Wildman–Crippen MR) is 156 cm³/mol. The summed E-state index contributed by atoms with van der Waals surface area (Å²) in [6.45, 7) is 5.37. The molecule has 2 aromatic rings. The molecule has 0 fully saturated rings. The molecule has 0 radical (unpaired) electrons. The summed E-state index contributed by atoms with van der Waals surface area (Å²) in [4.78, 5) is 62.5. The Balaban J connectivity index is 1.91. The van der Waals surface area contributed by atoms with Gasteiger partial charge in [-0.25, -0.2) is 14.4 Å². The molecule has 0 saturated heterocycles. The number of alkyl carbamates (subject to hydrolysis) is 2. The average molecular weight is 600 g/mol. The smallest absolute Gasteiger partial charge is 0.408 e. The number of esters is 2. The summed E-state index contributed by atoms with van der Waals surface area (Å²) in [5.74, 6) is -2.23.